The Labute approximate surface area is 128 Å². The van der Waals surface area contributed by atoms with Crippen LogP contribution < -0.4 is 4.74 Å². The van der Waals surface area contributed by atoms with E-state index >= 15 is 0 Å². The topological polar surface area (TPSA) is 76.1 Å². The summed E-state index contributed by atoms with van der Waals surface area (Å²) in [7, 11) is 1.57. The molecule has 6 heteroatoms. The van der Waals surface area contributed by atoms with Crippen LogP contribution in [0.3, 0.4) is 0 Å². The summed E-state index contributed by atoms with van der Waals surface area (Å²) in [6, 6.07) is 6.43. The van der Waals surface area contributed by atoms with E-state index in [9.17, 15) is 14.7 Å². The summed E-state index contributed by atoms with van der Waals surface area (Å²) in [6.45, 7) is 2.43. The number of allylic oxidation sites excluding steroid dienone is 1. The molecule has 1 fully saturated rings. The van der Waals surface area contributed by atoms with Crippen LogP contribution >= 0.6 is 0 Å². The van der Waals surface area contributed by atoms with Crippen LogP contribution in [0, 0.1) is 0 Å². The number of para-hydroxylation sites is 1. The average molecular weight is 305 g/mol. The molecule has 118 valence electrons. The molecule has 0 saturated carbocycles. The highest BCUT2D eigenvalue weighted by atomic mass is 16.5. The van der Waals surface area contributed by atoms with E-state index in [2.05, 4.69) is 0 Å². The van der Waals surface area contributed by atoms with E-state index in [0.29, 0.717) is 12.4 Å². The third-order valence-electron chi connectivity index (χ3n) is 3.57. The zero-order chi connectivity index (χ0) is 16.1. The summed E-state index contributed by atoms with van der Waals surface area (Å²) in [5, 5.41) is 9.18. The van der Waals surface area contributed by atoms with Gasteiger partial charge in [-0.2, -0.15) is 0 Å². The SMILES string of the molecule is COc1ccccc1C(C)=CC(=O)N1CCOCC1C(=O)O. The molecule has 0 radical (unpaired) electrons. The van der Waals surface area contributed by atoms with Gasteiger partial charge in [0.15, 0.2) is 6.04 Å². The van der Waals surface area contributed by atoms with Crippen molar-refractivity contribution in [3.63, 3.8) is 0 Å². The Morgan fingerprint density at radius 2 is 2.14 bits per heavy atom. The van der Waals surface area contributed by atoms with Gasteiger partial charge in [0.1, 0.15) is 5.75 Å². The molecule has 22 heavy (non-hydrogen) atoms. The summed E-state index contributed by atoms with van der Waals surface area (Å²) in [5.41, 5.74) is 1.52. The molecule has 6 nitrogen and oxygen atoms in total. The van der Waals surface area contributed by atoms with Crippen molar-refractivity contribution in [2.75, 3.05) is 26.9 Å². The van der Waals surface area contributed by atoms with Crippen molar-refractivity contribution >= 4 is 17.4 Å². The molecule has 0 spiro atoms. The lowest BCUT2D eigenvalue weighted by Gasteiger charge is -2.32. The number of ether oxygens (including phenoxy) is 2. The van der Waals surface area contributed by atoms with Gasteiger partial charge in [0.25, 0.3) is 0 Å². The van der Waals surface area contributed by atoms with Gasteiger partial charge >= 0.3 is 5.97 Å². The molecule has 1 N–H and O–H groups in total. The number of rotatable bonds is 4. The number of aliphatic carboxylic acids is 1. The molecule has 0 aliphatic carbocycles. The molecule has 0 bridgehead atoms. The lowest BCUT2D eigenvalue weighted by Crippen LogP contribution is -2.52. The van der Waals surface area contributed by atoms with E-state index in [1.807, 2.05) is 24.3 Å². The smallest absolute Gasteiger partial charge is 0.328 e. The van der Waals surface area contributed by atoms with Crippen molar-refractivity contribution in [3.05, 3.63) is 35.9 Å². The molecular weight excluding hydrogens is 286 g/mol. The maximum absolute atomic E-state index is 12.4. The number of nitrogens with zero attached hydrogens (tertiary/aromatic N) is 1. The lowest BCUT2D eigenvalue weighted by atomic mass is 10.1. The number of carboxylic acid groups (broad SMARTS) is 1. The first kappa shape index (κ1) is 16.0. The van der Waals surface area contributed by atoms with Gasteiger partial charge in [-0.15, -0.1) is 0 Å². The van der Waals surface area contributed by atoms with Crippen LogP contribution in [-0.4, -0.2) is 54.8 Å². The number of carboxylic acids is 1. The van der Waals surface area contributed by atoms with Crippen LogP contribution in [0.4, 0.5) is 0 Å². The predicted molar refractivity (Wildman–Crippen MR) is 80.6 cm³/mol. The van der Waals surface area contributed by atoms with Crippen molar-refractivity contribution in [2.24, 2.45) is 0 Å². The monoisotopic (exact) mass is 305 g/mol. The van der Waals surface area contributed by atoms with Gasteiger partial charge in [0.05, 0.1) is 20.3 Å². The Balaban J connectivity index is 2.23. The number of carbonyl (C=O) groups is 2. The molecule has 1 aromatic rings. The lowest BCUT2D eigenvalue weighted by molar-refractivity contribution is -0.156. The maximum Gasteiger partial charge on any atom is 0.328 e. The number of hydrogen-bond donors (Lipinski definition) is 1. The molecule has 1 aliphatic heterocycles. The summed E-state index contributed by atoms with van der Waals surface area (Å²) in [6.07, 6.45) is 1.44. The fraction of sp³-hybridized carbons (Fsp3) is 0.375. The Morgan fingerprint density at radius 3 is 2.82 bits per heavy atom. The van der Waals surface area contributed by atoms with Crippen LogP contribution in [0.25, 0.3) is 5.57 Å². The van der Waals surface area contributed by atoms with Gasteiger partial charge in [0.2, 0.25) is 5.91 Å². The standard InChI is InChI=1S/C16H19NO5/c1-11(12-5-3-4-6-14(12)21-2)9-15(18)17-7-8-22-10-13(17)16(19)20/h3-6,9,13H,7-8,10H2,1-2H3,(H,19,20). The minimum absolute atomic E-state index is 0.0165. The third-order valence-corrected chi connectivity index (χ3v) is 3.57. The van der Waals surface area contributed by atoms with Crippen LogP contribution in [-0.2, 0) is 14.3 Å². The normalized spacial score (nSPS) is 18.9. The molecule has 1 heterocycles. The molecule has 1 aliphatic rings. The van der Waals surface area contributed by atoms with Crippen LogP contribution in [0.2, 0.25) is 0 Å². The fourth-order valence-corrected chi connectivity index (χ4v) is 2.39. The van der Waals surface area contributed by atoms with Crippen molar-refractivity contribution in [3.8, 4) is 5.75 Å². The predicted octanol–water partition coefficient (Wildman–Crippen LogP) is 1.41. The second-order valence-electron chi connectivity index (χ2n) is 4.99. The number of hydrogen-bond acceptors (Lipinski definition) is 4. The summed E-state index contributed by atoms with van der Waals surface area (Å²) in [5.74, 6) is -0.726. The number of amides is 1. The van der Waals surface area contributed by atoms with Crippen LogP contribution in [0.5, 0.6) is 5.75 Å². The number of benzene rings is 1. The minimum Gasteiger partial charge on any atom is -0.496 e. The van der Waals surface area contributed by atoms with Crippen LogP contribution in [0.15, 0.2) is 30.3 Å². The first-order valence-electron chi connectivity index (χ1n) is 6.97. The van der Waals surface area contributed by atoms with E-state index in [4.69, 9.17) is 9.47 Å². The maximum atomic E-state index is 12.4. The summed E-state index contributed by atoms with van der Waals surface area (Å²) < 4.78 is 10.4. The third kappa shape index (κ3) is 3.46. The highest BCUT2D eigenvalue weighted by Gasteiger charge is 2.31. The number of methoxy groups -OCH3 is 1. The zero-order valence-corrected chi connectivity index (χ0v) is 12.6. The van der Waals surface area contributed by atoms with Gasteiger partial charge < -0.3 is 19.5 Å². The van der Waals surface area contributed by atoms with E-state index in [0.717, 1.165) is 11.1 Å². The van der Waals surface area contributed by atoms with Gasteiger partial charge in [-0.25, -0.2) is 4.79 Å². The summed E-state index contributed by atoms with van der Waals surface area (Å²) in [4.78, 5) is 24.9. The molecule has 1 unspecified atom stereocenters. The van der Waals surface area contributed by atoms with E-state index in [1.54, 1.807) is 14.0 Å². The Hall–Kier alpha value is -2.34. The van der Waals surface area contributed by atoms with Crippen LogP contribution in [0.1, 0.15) is 12.5 Å². The quantitative estimate of drug-likeness (QED) is 0.851. The van der Waals surface area contributed by atoms with Crippen molar-refractivity contribution in [2.45, 2.75) is 13.0 Å². The van der Waals surface area contributed by atoms with E-state index in [-0.39, 0.29) is 19.1 Å². The highest BCUT2D eigenvalue weighted by molar-refractivity contribution is 5.97. The molecular formula is C16H19NO5. The van der Waals surface area contributed by atoms with E-state index in [1.165, 1.54) is 11.0 Å². The van der Waals surface area contributed by atoms with E-state index < -0.39 is 12.0 Å². The van der Waals surface area contributed by atoms with Crippen molar-refractivity contribution in [1.29, 1.82) is 0 Å². The molecule has 1 atom stereocenters. The first-order chi connectivity index (χ1) is 10.5. The Kier molecular flexibility index (Phi) is 5.16. The fourth-order valence-electron chi connectivity index (χ4n) is 2.39. The van der Waals surface area contributed by atoms with Gasteiger partial charge in [-0.3, -0.25) is 4.79 Å². The minimum atomic E-state index is -1.06. The molecule has 1 amide bonds. The van der Waals surface area contributed by atoms with Crippen molar-refractivity contribution < 1.29 is 24.2 Å². The molecule has 0 aromatic heterocycles. The molecule has 1 aromatic carbocycles. The van der Waals surface area contributed by atoms with Crippen molar-refractivity contribution in [1.82, 2.24) is 4.90 Å². The zero-order valence-electron chi connectivity index (χ0n) is 12.6. The van der Waals surface area contributed by atoms with Gasteiger partial charge in [-0.1, -0.05) is 18.2 Å². The highest BCUT2D eigenvalue weighted by Crippen LogP contribution is 2.25. The Morgan fingerprint density at radius 1 is 1.41 bits per heavy atom. The number of carbonyl (C=O) groups excluding carboxylic acids is 1. The Bertz CT molecular complexity index is 596. The van der Waals surface area contributed by atoms with Gasteiger partial charge in [-0.05, 0) is 18.6 Å². The molecule has 2 rings (SSSR count). The average Bonchev–Trinajstić information content (AvgIpc) is 2.54. The van der Waals surface area contributed by atoms with Gasteiger partial charge in [0, 0.05) is 18.2 Å². The number of morpholine rings is 1. The first-order valence-corrected chi connectivity index (χ1v) is 6.97. The summed E-state index contributed by atoms with van der Waals surface area (Å²) >= 11 is 0. The largest absolute Gasteiger partial charge is 0.496 e. The molecule has 1 saturated heterocycles. The second-order valence-corrected chi connectivity index (χ2v) is 4.99. The second kappa shape index (κ2) is 7.09.